The first-order valence-corrected chi connectivity index (χ1v) is 4.66. The molecule has 1 unspecified atom stereocenters. The average Bonchev–Trinajstić information content (AvgIpc) is 2.23. The van der Waals surface area contributed by atoms with Crippen LogP contribution in [0.25, 0.3) is 0 Å². The number of hydrogen-bond acceptors (Lipinski definition) is 5. The zero-order chi connectivity index (χ0) is 11.0. The van der Waals surface area contributed by atoms with E-state index in [0.717, 1.165) is 0 Å². The third kappa shape index (κ3) is 4.88. The van der Waals surface area contributed by atoms with Gasteiger partial charge >= 0.3 is 0 Å². The Kier molecular flexibility index (Phi) is 7.04. The van der Waals surface area contributed by atoms with E-state index in [-0.39, 0.29) is 25.9 Å². The van der Waals surface area contributed by atoms with Crippen LogP contribution in [0.1, 0.15) is 6.92 Å². The Morgan fingerprint density at radius 2 is 1.86 bits per heavy atom. The fourth-order valence-electron chi connectivity index (χ4n) is 0.930. The molecule has 0 aliphatic heterocycles. The van der Waals surface area contributed by atoms with E-state index < -0.39 is 5.41 Å². The van der Waals surface area contributed by atoms with Crippen molar-refractivity contribution in [2.45, 2.75) is 13.0 Å². The average molecular weight is 207 g/mol. The molecular weight excluding hydrogens is 186 g/mol. The lowest BCUT2D eigenvalue weighted by atomic mass is 9.93. The van der Waals surface area contributed by atoms with Crippen molar-refractivity contribution in [2.24, 2.45) is 5.41 Å². The highest BCUT2D eigenvalue weighted by Crippen LogP contribution is 2.12. The maximum Gasteiger partial charge on any atom is 0.0638 e. The van der Waals surface area contributed by atoms with Crippen LogP contribution in [0.5, 0.6) is 0 Å². The second-order valence-corrected chi connectivity index (χ2v) is 3.84. The lowest BCUT2D eigenvalue weighted by Crippen LogP contribution is -2.45. The minimum atomic E-state index is -0.554. The van der Waals surface area contributed by atoms with Gasteiger partial charge in [-0.25, -0.2) is 0 Å². The van der Waals surface area contributed by atoms with Crippen LogP contribution in [0.15, 0.2) is 0 Å². The summed E-state index contributed by atoms with van der Waals surface area (Å²) >= 11 is 0. The van der Waals surface area contributed by atoms with E-state index in [2.05, 4.69) is 5.32 Å². The third-order valence-electron chi connectivity index (χ3n) is 2.17. The van der Waals surface area contributed by atoms with Crippen molar-refractivity contribution in [2.75, 3.05) is 40.1 Å². The predicted molar refractivity (Wildman–Crippen MR) is 53.0 cm³/mol. The van der Waals surface area contributed by atoms with Gasteiger partial charge in [0.2, 0.25) is 0 Å². The van der Waals surface area contributed by atoms with Crippen LogP contribution in [0.4, 0.5) is 0 Å². The van der Waals surface area contributed by atoms with E-state index in [1.807, 2.05) is 0 Å². The molecule has 5 nitrogen and oxygen atoms in total. The maximum atomic E-state index is 9.01. The zero-order valence-electron chi connectivity index (χ0n) is 8.86. The Morgan fingerprint density at radius 3 is 2.21 bits per heavy atom. The summed E-state index contributed by atoms with van der Waals surface area (Å²) in [5, 5.41) is 30.0. The van der Waals surface area contributed by atoms with Crippen molar-refractivity contribution in [3.63, 3.8) is 0 Å². The van der Waals surface area contributed by atoms with Crippen LogP contribution in [-0.2, 0) is 4.74 Å². The highest BCUT2D eigenvalue weighted by Gasteiger charge is 2.23. The largest absolute Gasteiger partial charge is 0.396 e. The number of ether oxygens (including phenoxy) is 1. The Morgan fingerprint density at radius 1 is 1.29 bits per heavy atom. The lowest BCUT2D eigenvalue weighted by molar-refractivity contribution is 0.0570. The number of aliphatic hydroxyl groups is 3. The van der Waals surface area contributed by atoms with Crippen LogP contribution in [0.2, 0.25) is 0 Å². The summed E-state index contributed by atoms with van der Waals surface area (Å²) < 4.78 is 4.88. The van der Waals surface area contributed by atoms with Gasteiger partial charge in [-0.2, -0.15) is 0 Å². The summed E-state index contributed by atoms with van der Waals surface area (Å²) in [6, 6.07) is -0.155. The maximum absolute atomic E-state index is 9.01. The molecule has 0 heterocycles. The smallest absolute Gasteiger partial charge is 0.0638 e. The molecule has 0 aliphatic carbocycles. The van der Waals surface area contributed by atoms with E-state index in [4.69, 9.17) is 20.1 Å². The fraction of sp³-hybridized carbons (Fsp3) is 1.00. The molecule has 0 radical (unpaired) electrons. The topological polar surface area (TPSA) is 82.0 Å². The van der Waals surface area contributed by atoms with Crippen molar-refractivity contribution in [1.82, 2.24) is 5.32 Å². The molecular formula is C9H21NO4. The molecule has 0 bridgehead atoms. The molecule has 0 aliphatic rings. The van der Waals surface area contributed by atoms with Crippen molar-refractivity contribution in [1.29, 1.82) is 0 Å². The van der Waals surface area contributed by atoms with Gasteiger partial charge in [-0.05, 0) is 0 Å². The number of methoxy groups -OCH3 is 1. The fourth-order valence-corrected chi connectivity index (χ4v) is 0.930. The van der Waals surface area contributed by atoms with Crippen molar-refractivity contribution in [3.8, 4) is 0 Å². The van der Waals surface area contributed by atoms with Crippen LogP contribution >= 0.6 is 0 Å². The van der Waals surface area contributed by atoms with Crippen LogP contribution in [0.3, 0.4) is 0 Å². The van der Waals surface area contributed by atoms with Crippen molar-refractivity contribution in [3.05, 3.63) is 0 Å². The summed E-state index contributed by atoms with van der Waals surface area (Å²) in [5.74, 6) is 0. The molecule has 0 aromatic carbocycles. The van der Waals surface area contributed by atoms with Gasteiger partial charge in [0.15, 0.2) is 0 Å². The van der Waals surface area contributed by atoms with Crippen LogP contribution in [0, 0.1) is 5.41 Å². The van der Waals surface area contributed by atoms with Gasteiger partial charge in [0, 0.05) is 19.1 Å². The number of hydrogen-bond donors (Lipinski definition) is 4. The van der Waals surface area contributed by atoms with E-state index in [9.17, 15) is 0 Å². The van der Waals surface area contributed by atoms with Gasteiger partial charge in [0.1, 0.15) is 0 Å². The Balaban J connectivity index is 3.87. The van der Waals surface area contributed by atoms with Gasteiger partial charge in [-0.3, -0.25) is 0 Å². The first-order valence-electron chi connectivity index (χ1n) is 4.66. The van der Waals surface area contributed by atoms with Crippen molar-refractivity contribution < 1.29 is 20.1 Å². The summed E-state index contributed by atoms with van der Waals surface area (Å²) in [4.78, 5) is 0. The molecule has 0 spiro atoms. The Labute approximate surface area is 84.7 Å². The quantitative estimate of drug-likeness (QED) is 0.392. The monoisotopic (exact) mass is 207 g/mol. The predicted octanol–water partition coefficient (Wildman–Crippen LogP) is -1.43. The second kappa shape index (κ2) is 7.14. The standard InChI is InChI=1S/C9H21NO4/c1-9(6-12,7-13)5-10-8(3-11)4-14-2/h8,10-13H,3-7H2,1-2H3. The van der Waals surface area contributed by atoms with Crippen LogP contribution in [-0.4, -0.2) is 61.4 Å². The van der Waals surface area contributed by atoms with Gasteiger partial charge in [0.05, 0.1) is 32.5 Å². The van der Waals surface area contributed by atoms with E-state index in [1.54, 1.807) is 14.0 Å². The highest BCUT2D eigenvalue weighted by atomic mass is 16.5. The molecule has 5 heteroatoms. The van der Waals surface area contributed by atoms with Gasteiger partial charge in [-0.15, -0.1) is 0 Å². The van der Waals surface area contributed by atoms with Crippen LogP contribution < -0.4 is 5.32 Å². The molecule has 0 rings (SSSR count). The molecule has 1 atom stereocenters. The third-order valence-corrected chi connectivity index (χ3v) is 2.17. The summed E-state index contributed by atoms with van der Waals surface area (Å²) in [6.45, 7) is 2.39. The molecule has 0 saturated carbocycles. The normalized spacial score (nSPS) is 14.4. The molecule has 0 saturated heterocycles. The first-order chi connectivity index (χ1) is 6.61. The SMILES string of the molecule is COCC(CO)NCC(C)(CO)CO. The minimum Gasteiger partial charge on any atom is -0.396 e. The zero-order valence-corrected chi connectivity index (χ0v) is 8.86. The Hall–Kier alpha value is -0.200. The summed E-state index contributed by atoms with van der Waals surface area (Å²) in [5.41, 5.74) is -0.554. The molecule has 14 heavy (non-hydrogen) atoms. The molecule has 4 N–H and O–H groups in total. The lowest BCUT2D eigenvalue weighted by Gasteiger charge is -2.27. The Bertz CT molecular complexity index is 139. The molecule has 0 aromatic rings. The number of rotatable bonds is 8. The van der Waals surface area contributed by atoms with Gasteiger partial charge < -0.3 is 25.4 Å². The van der Waals surface area contributed by atoms with E-state index in [0.29, 0.717) is 13.2 Å². The molecule has 86 valence electrons. The minimum absolute atomic E-state index is 0.0270. The number of aliphatic hydroxyl groups excluding tert-OH is 3. The highest BCUT2D eigenvalue weighted by molar-refractivity contribution is 4.77. The van der Waals surface area contributed by atoms with Gasteiger partial charge in [0.25, 0.3) is 0 Å². The number of nitrogens with one attached hydrogen (secondary N) is 1. The van der Waals surface area contributed by atoms with E-state index in [1.165, 1.54) is 0 Å². The molecule has 0 fully saturated rings. The van der Waals surface area contributed by atoms with E-state index >= 15 is 0 Å². The summed E-state index contributed by atoms with van der Waals surface area (Å²) in [7, 11) is 1.56. The first kappa shape index (κ1) is 13.8. The molecule has 0 aromatic heterocycles. The second-order valence-electron chi connectivity index (χ2n) is 3.84. The van der Waals surface area contributed by atoms with Gasteiger partial charge in [-0.1, -0.05) is 6.92 Å². The molecule has 0 amide bonds. The summed E-state index contributed by atoms with van der Waals surface area (Å²) in [6.07, 6.45) is 0. The van der Waals surface area contributed by atoms with Crippen molar-refractivity contribution >= 4 is 0 Å².